The summed E-state index contributed by atoms with van der Waals surface area (Å²) in [4.78, 5) is 4.55. The van der Waals surface area contributed by atoms with Crippen molar-refractivity contribution in [2.75, 3.05) is 26.8 Å². The minimum absolute atomic E-state index is 0.0378. The Morgan fingerprint density at radius 2 is 2.08 bits per heavy atom. The molecule has 2 heterocycles. The van der Waals surface area contributed by atoms with Crippen LogP contribution in [0.15, 0.2) is 41.6 Å². The van der Waals surface area contributed by atoms with Crippen LogP contribution in [0.4, 0.5) is 4.39 Å². The molecule has 1 aliphatic rings. The lowest BCUT2D eigenvalue weighted by molar-refractivity contribution is 0.184. The van der Waals surface area contributed by atoms with Gasteiger partial charge in [-0.2, -0.15) is 4.31 Å². The van der Waals surface area contributed by atoms with Crippen molar-refractivity contribution in [3.63, 3.8) is 0 Å². The van der Waals surface area contributed by atoms with E-state index in [4.69, 9.17) is 4.74 Å². The number of aromatic nitrogens is 2. The number of benzene rings is 1. The number of hydrogen-bond donors (Lipinski definition) is 0. The van der Waals surface area contributed by atoms with Crippen molar-refractivity contribution in [3.8, 4) is 0 Å². The molecule has 0 bridgehead atoms. The zero-order chi connectivity index (χ0) is 17.9. The summed E-state index contributed by atoms with van der Waals surface area (Å²) in [5.41, 5.74) is 0. The van der Waals surface area contributed by atoms with Crippen molar-refractivity contribution in [1.82, 2.24) is 13.9 Å². The molecular formula is C17H22FN3O3S. The first-order chi connectivity index (χ1) is 12.0. The van der Waals surface area contributed by atoms with Gasteiger partial charge in [0, 0.05) is 45.1 Å². The highest BCUT2D eigenvalue weighted by Gasteiger charge is 2.32. The Balaban J connectivity index is 1.79. The van der Waals surface area contributed by atoms with E-state index in [0.717, 1.165) is 18.7 Å². The van der Waals surface area contributed by atoms with E-state index in [2.05, 4.69) is 4.98 Å². The molecule has 1 atom stereocenters. The number of halogens is 1. The Bertz CT molecular complexity index is 805. The average molecular weight is 367 g/mol. The van der Waals surface area contributed by atoms with E-state index in [1.165, 1.54) is 28.6 Å². The third-order valence-corrected chi connectivity index (χ3v) is 6.36. The predicted molar refractivity (Wildman–Crippen MR) is 91.2 cm³/mol. The Kier molecular flexibility index (Phi) is 5.51. The lowest BCUT2D eigenvalue weighted by Crippen LogP contribution is -2.39. The van der Waals surface area contributed by atoms with Crippen molar-refractivity contribution in [3.05, 3.63) is 48.3 Å². The Morgan fingerprint density at radius 3 is 2.80 bits per heavy atom. The van der Waals surface area contributed by atoms with Gasteiger partial charge in [-0.05, 0) is 37.1 Å². The van der Waals surface area contributed by atoms with Crippen molar-refractivity contribution >= 4 is 10.0 Å². The normalized spacial score (nSPS) is 19.2. The van der Waals surface area contributed by atoms with Gasteiger partial charge >= 0.3 is 0 Å². The van der Waals surface area contributed by atoms with Gasteiger partial charge in [0.25, 0.3) is 0 Å². The molecule has 0 saturated carbocycles. The Morgan fingerprint density at radius 1 is 1.32 bits per heavy atom. The van der Waals surface area contributed by atoms with Crippen molar-refractivity contribution < 1.29 is 17.5 Å². The maximum atomic E-state index is 13.1. The van der Waals surface area contributed by atoms with Crippen LogP contribution in [0, 0.1) is 5.82 Å². The fourth-order valence-electron chi connectivity index (χ4n) is 3.19. The largest absolute Gasteiger partial charge is 0.383 e. The summed E-state index contributed by atoms with van der Waals surface area (Å²) in [7, 11) is -1.98. The fourth-order valence-corrected chi connectivity index (χ4v) is 4.71. The summed E-state index contributed by atoms with van der Waals surface area (Å²) in [6, 6.07) is 4.97. The number of nitrogens with zero attached hydrogens (tertiary/aromatic N) is 3. The highest BCUT2D eigenvalue weighted by atomic mass is 32.2. The number of ether oxygens (including phenoxy) is 1. The molecule has 0 amide bonds. The molecule has 0 aliphatic carbocycles. The first kappa shape index (κ1) is 18.0. The van der Waals surface area contributed by atoms with E-state index in [9.17, 15) is 12.8 Å². The molecular weight excluding hydrogens is 345 g/mol. The van der Waals surface area contributed by atoms with Gasteiger partial charge in [-0.3, -0.25) is 0 Å². The van der Waals surface area contributed by atoms with Gasteiger partial charge in [0.15, 0.2) is 0 Å². The number of rotatable bonds is 6. The number of imidazole rings is 1. The maximum Gasteiger partial charge on any atom is 0.243 e. The summed E-state index contributed by atoms with van der Waals surface area (Å²) < 4.78 is 47.3. The molecule has 1 fully saturated rings. The molecule has 0 radical (unpaired) electrons. The van der Waals surface area contributed by atoms with Gasteiger partial charge < -0.3 is 9.30 Å². The Labute approximate surface area is 147 Å². The summed E-state index contributed by atoms with van der Waals surface area (Å²) in [5, 5.41) is 0. The molecule has 2 aromatic rings. The minimum Gasteiger partial charge on any atom is -0.383 e. The van der Waals surface area contributed by atoms with Gasteiger partial charge in [0.2, 0.25) is 10.0 Å². The first-order valence-corrected chi connectivity index (χ1v) is 9.72. The highest BCUT2D eigenvalue weighted by Crippen LogP contribution is 2.29. The Hall–Kier alpha value is -1.77. The van der Waals surface area contributed by atoms with Crippen LogP contribution in [0.5, 0.6) is 0 Å². The van der Waals surface area contributed by atoms with Crippen molar-refractivity contribution in [2.24, 2.45) is 0 Å². The van der Waals surface area contributed by atoms with Gasteiger partial charge in [0.05, 0.1) is 11.5 Å². The molecule has 25 heavy (non-hydrogen) atoms. The molecule has 6 nitrogen and oxygen atoms in total. The van der Waals surface area contributed by atoms with E-state index in [1.54, 1.807) is 13.3 Å². The second-order valence-electron chi connectivity index (χ2n) is 6.13. The van der Waals surface area contributed by atoms with Gasteiger partial charge in [-0.15, -0.1) is 0 Å². The standard InChI is InChI=1S/C17H22FN3O3S/c1-24-12-11-20-10-8-19-17(20)14-3-2-9-21(13-14)25(22,23)16-6-4-15(18)5-7-16/h4-8,10,14H,2-3,9,11-13H2,1H3/t14-/m0/s1. The predicted octanol–water partition coefficient (Wildman–Crippen LogP) is 2.24. The molecule has 3 rings (SSSR count). The molecule has 8 heteroatoms. The van der Waals surface area contributed by atoms with Crippen LogP contribution >= 0.6 is 0 Å². The van der Waals surface area contributed by atoms with E-state index in [-0.39, 0.29) is 10.8 Å². The van der Waals surface area contributed by atoms with Crippen LogP contribution in [0.2, 0.25) is 0 Å². The van der Waals surface area contributed by atoms with E-state index < -0.39 is 15.8 Å². The molecule has 0 unspecified atom stereocenters. The lowest BCUT2D eigenvalue weighted by Gasteiger charge is -2.31. The second-order valence-corrected chi connectivity index (χ2v) is 8.07. The first-order valence-electron chi connectivity index (χ1n) is 8.28. The number of methoxy groups -OCH3 is 1. The molecule has 1 aromatic carbocycles. The lowest BCUT2D eigenvalue weighted by atomic mass is 9.99. The summed E-state index contributed by atoms with van der Waals surface area (Å²) in [5.74, 6) is 0.475. The van der Waals surface area contributed by atoms with Crippen LogP contribution in [0.25, 0.3) is 0 Å². The molecule has 0 spiro atoms. The summed E-state index contributed by atoms with van der Waals surface area (Å²) in [6.45, 7) is 2.11. The third-order valence-electron chi connectivity index (χ3n) is 4.48. The molecule has 1 aliphatic heterocycles. The number of sulfonamides is 1. The quantitative estimate of drug-likeness (QED) is 0.785. The minimum atomic E-state index is -3.63. The van der Waals surface area contributed by atoms with Crippen LogP contribution in [-0.2, 0) is 21.3 Å². The summed E-state index contributed by atoms with van der Waals surface area (Å²) >= 11 is 0. The SMILES string of the molecule is COCCn1ccnc1[C@H]1CCCN(S(=O)(=O)c2ccc(F)cc2)C1. The van der Waals surface area contributed by atoms with Crippen molar-refractivity contribution in [1.29, 1.82) is 0 Å². The fraction of sp³-hybridized carbons (Fsp3) is 0.471. The molecule has 1 saturated heterocycles. The maximum absolute atomic E-state index is 13.1. The smallest absolute Gasteiger partial charge is 0.243 e. The summed E-state index contributed by atoms with van der Waals surface area (Å²) in [6.07, 6.45) is 5.28. The highest BCUT2D eigenvalue weighted by molar-refractivity contribution is 7.89. The van der Waals surface area contributed by atoms with Crippen LogP contribution in [-0.4, -0.2) is 49.1 Å². The van der Waals surface area contributed by atoms with E-state index >= 15 is 0 Å². The third kappa shape index (κ3) is 3.91. The van der Waals surface area contributed by atoms with Crippen LogP contribution < -0.4 is 0 Å². The van der Waals surface area contributed by atoms with E-state index in [1.807, 2.05) is 10.8 Å². The molecule has 1 aromatic heterocycles. The van der Waals surface area contributed by atoms with Gasteiger partial charge in [-0.1, -0.05) is 0 Å². The van der Waals surface area contributed by atoms with Crippen LogP contribution in [0.1, 0.15) is 24.6 Å². The van der Waals surface area contributed by atoms with Gasteiger partial charge in [0.1, 0.15) is 11.6 Å². The number of piperidine rings is 1. The van der Waals surface area contributed by atoms with E-state index in [0.29, 0.717) is 26.2 Å². The zero-order valence-corrected chi connectivity index (χ0v) is 15.0. The number of hydrogen-bond acceptors (Lipinski definition) is 4. The molecule has 0 N–H and O–H groups in total. The topological polar surface area (TPSA) is 64.4 Å². The average Bonchev–Trinajstić information content (AvgIpc) is 3.09. The second kappa shape index (κ2) is 7.63. The van der Waals surface area contributed by atoms with Crippen LogP contribution in [0.3, 0.4) is 0 Å². The van der Waals surface area contributed by atoms with Crippen molar-refractivity contribution in [2.45, 2.75) is 30.2 Å². The monoisotopic (exact) mass is 367 g/mol. The zero-order valence-electron chi connectivity index (χ0n) is 14.1. The molecule has 136 valence electrons. The van der Waals surface area contributed by atoms with Gasteiger partial charge in [-0.25, -0.2) is 17.8 Å².